The molecular weight excluding hydrogens is 226 g/mol. The summed E-state index contributed by atoms with van der Waals surface area (Å²) >= 11 is 0. The Morgan fingerprint density at radius 2 is 1.83 bits per heavy atom. The fourth-order valence-corrected chi connectivity index (χ4v) is 1.46. The summed E-state index contributed by atoms with van der Waals surface area (Å²) in [5, 5.41) is 3.05. The number of hydrogen-bond acceptors (Lipinski definition) is 2. The van der Waals surface area contributed by atoms with Crippen LogP contribution in [0.15, 0.2) is 29.3 Å². The summed E-state index contributed by atoms with van der Waals surface area (Å²) in [4.78, 5) is 4.27. The number of hydrogen-bond donors (Lipinski definition) is 2. The van der Waals surface area contributed by atoms with Gasteiger partial charge in [0.25, 0.3) is 0 Å². The SMILES string of the molecule is CC(C)NC(N)=NCc1ccc(OC(C)C)cc1. The quantitative estimate of drug-likeness (QED) is 0.621. The highest BCUT2D eigenvalue weighted by Crippen LogP contribution is 2.14. The van der Waals surface area contributed by atoms with Crippen LogP contribution in [-0.4, -0.2) is 18.1 Å². The van der Waals surface area contributed by atoms with Crippen molar-refractivity contribution in [3.05, 3.63) is 29.8 Å². The van der Waals surface area contributed by atoms with Crippen LogP contribution in [0.3, 0.4) is 0 Å². The van der Waals surface area contributed by atoms with Crippen molar-refractivity contribution in [2.24, 2.45) is 10.7 Å². The summed E-state index contributed by atoms with van der Waals surface area (Å²) in [6.45, 7) is 8.65. The Labute approximate surface area is 109 Å². The third kappa shape index (κ3) is 5.57. The van der Waals surface area contributed by atoms with E-state index in [1.807, 2.05) is 52.0 Å². The Morgan fingerprint density at radius 1 is 1.22 bits per heavy atom. The molecule has 0 aromatic heterocycles. The molecule has 1 aromatic rings. The minimum atomic E-state index is 0.194. The second-order valence-corrected chi connectivity index (χ2v) is 4.81. The van der Waals surface area contributed by atoms with E-state index in [1.54, 1.807) is 0 Å². The Kier molecular flexibility index (Phi) is 5.49. The lowest BCUT2D eigenvalue weighted by molar-refractivity contribution is 0.242. The average molecular weight is 249 g/mol. The first-order valence-electron chi connectivity index (χ1n) is 6.29. The Hall–Kier alpha value is -1.71. The van der Waals surface area contributed by atoms with E-state index in [4.69, 9.17) is 10.5 Å². The van der Waals surface area contributed by atoms with Crippen molar-refractivity contribution < 1.29 is 4.74 Å². The van der Waals surface area contributed by atoms with E-state index in [-0.39, 0.29) is 6.10 Å². The second kappa shape index (κ2) is 6.89. The largest absolute Gasteiger partial charge is 0.491 e. The molecule has 100 valence electrons. The number of guanidine groups is 1. The average Bonchev–Trinajstić information content (AvgIpc) is 2.26. The van der Waals surface area contributed by atoms with Gasteiger partial charge in [0, 0.05) is 6.04 Å². The molecule has 0 saturated heterocycles. The van der Waals surface area contributed by atoms with Crippen molar-refractivity contribution in [2.75, 3.05) is 0 Å². The summed E-state index contributed by atoms with van der Waals surface area (Å²) in [5.41, 5.74) is 6.84. The number of nitrogens with two attached hydrogens (primary N) is 1. The lowest BCUT2D eigenvalue weighted by Crippen LogP contribution is -2.36. The molecule has 1 aromatic carbocycles. The van der Waals surface area contributed by atoms with Crippen molar-refractivity contribution in [3.63, 3.8) is 0 Å². The first-order chi connectivity index (χ1) is 8.47. The van der Waals surface area contributed by atoms with Gasteiger partial charge >= 0.3 is 0 Å². The van der Waals surface area contributed by atoms with Gasteiger partial charge in [0.05, 0.1) is 12.6 Å². The van der Waals surface area contributed by atoms with Gasteiger partial charge in [-0.3, -0.25) is 0 Å². The van der Waals surface area contributed by atoms with Gasteiger partial charge in [-0.15, -0.1) is 0 Å². The molecule has 4 heteroatoms. The fourth-order valence-electron chi connectivity index (χ4n) is 1.46. The van der Waals surface area contributed by atoms with E-state index >= 15 is 0 Å². The van der Waals surface area contributed by atoms with Crippen LogP contribution in [0.1, 0.15) is 33.3 Å². The van der Waals surface area contributed by atoms with Crippen LogP contribution in [0.2, 0.25) is 0 Å². The maximum absolute atomic E-state index is 5.73. The number of aliphatic imine (C=N–C) groups is 1. The number of ether oxygens (including phenoxy) is 1. The van der Waals surface area contributed by atoms with E-state index in [0.29, 0.717) is 18.5 Å². The molecule has 0 aliphatic rings. The van der Waals surface area contributed by atoms with Crippen LogP contribution in [-0.2, 0) is 6.54 Å². The van der Waals surface area contributed by atoms with E-state index in [1.165, 1.54) is 0 Å². The molecule has 1 rings (SSSR count). The van der Waals surface area contributed by atoms with Gasteiger partial charge in [0.2, 0.25) is 0 Å². The Balaban J connectivity index is 2.53. The Bertz CT molecular complexity index is 383. The van der Waals surface area contributed by atoms with Crippen LogP contribution in [0, 0.1) is 0 Å². The van der Waals surface area contributed by atoms with Gasteiger partial charge in [-0.2, -0.15) is 0 Å². The zero-order valence-corrected chi connectivity index (χ0v) is 11.6. The third-order valence-electron chi connectivity index (χ3n) is 2.16. The highest BCUT2D eigenvalue weighted by Gasteiger charge is 1.99. The smallest absolute Gasteiger partial charge is 0.189 e. The van der Waals surface area contributed by atoms with Gasteiger partial charge in [-0.1, -0.05) is 12.1 Å². The molecule has 0 fully saturated rings. The molecule has 0 heterocycles. The zero-order chi connectivity index (χ0) is 13.5. The molecular formula is C14H23N3O. The van der Waals surface area contributed by atoms with Crippen molar-refractivity contribution in [3.8, 4) is 5.75 Å². The standard InChI is InChI=1S/C14H23N3O/c1-10(2)17-14(15)16-9-12-5-7-13(8-6-12)18-11(3)4/h5-8,10-11H,9H2,1-4H3,(H3,15,16,17). The van der Waals surface area contributed by atoms with Crippen LogP contribution >= 0.6 is 0 Å². The molecule has 18 heavy (non-hydrogen) atoms. The lowest BCUT2D eigenvalue weighted by Gasteiger charge is -2.10. The highest BCUT2D eigenvalue weighted by atomic mass is 16.5. The summed E-state index contributed by atoms with van der Waals surface area (Å²) in [7, 11) is 0. The summed E-state index contributed by atoms with van der Waals surface area (Å²) in [6, 6.07) is 8.22. The molecule has 0 spiro atoms. The molecule has 4 nitrogen and oxygen atoms in total. The van der Waals surface area contributed by atoms with Crippen LogP contribution in [0.4, 0.5) is 0 Å². The topological polar surface area (TPSA) is 59.6 Å². The van der Waals surface area contributed by atoms with Gasteiger partial charge in [0.1, 0.15) is 5.75 Å². The normalized spacial score (nSPS) is 12.0. The van der Waals surface area contributed by atoms with Crippen molar-refractivity contribution in [1.82, 2.24) is 5.32 Å². The third-order valence-corrected chi connectivity index (χ3v) is 2.16. The predicted molar refractivity (Wildman–Crippen MR) is 75.8 cm³/mol. The number of nitrogens with zero attached hydrogens (tertiary/aromatic N) is 1. The molecule has 0 unspecified atom stereocenters. The van der Waals surface area contributed by atoms with E-state index < -0.39 is 0 Å². The highest BCUT2D eigenvalue weighted by molar-refractivity contribution is 5.78. The number of nitrogens with one attached hydrogen (secondary N) is 1. The van der Waals surface area contributed by atoms with Crippen LogP contribution < -0.4 is 15.8 Å². The summed E-state index contributed by atoms with van der Waals surface area (Å²) in [6.07, 6.45) is 0.194. The van der Waals surface area contributed by atoms with Crippen LogP contribution in [0.5, 0.6) is 5.75 Å². The minimum Gasteiger partial charge on any atom is -0.491 e. The van der Waals surface area contributed by atoms with E-state index in [2.05, 4.69) is 10.3 Å². The lowest BCUT2D eigenvalue weighted by atomic mass is 10.2. The monoisotopic (exact) mass is 249 g/mol. The maximum Gasteiger partial charge on any atom is 0.189 e. The van der Waals surface area contributed by atoms with Crippen molar-refractivity contribution in [1.29, 1.82) is 0 Å². The zero-order valence-electron chi connectivity index (χ0n) is 11.6. The van der Waals surface area contributed by atoms with E-state index in [9.17, 15) is 0 Å². The van der Waals surface area contributed by atoms with Crippen molar-refractivity contribution in [2.45, 2.75) is 46.4 Å². The fraction of sp³-hybridized carbons (Fsp3) is 0.500. The second-order valence-electron chi connectivity index (χ2n) is 4.81. The molecule has 0 amide bonds. The number of benzene rings is 1. The summed E-state index contributed by atoms with van der Waals surface area (Å²) < 4.78 is 5.57. The predicted octanol–water partition coefficient (Wildman–Crippen LogP) is 2.29. The van der Waals surface area contributed by atoms with E-state index in [0.717, 1.165) is 11.3 Å². The van der Waals surface area contributed by atoms with Crippen LogP contribution in [0.25, 0.3) is 0 Å². The van der Waals surface area contributed by atoms with Crippen molar-refractivity contribution >= 4 is 5.96 Å². The minimum absolute atomic E-state index is 0.194. The van der Waals surface area contributed by atoms with Gasteiger partial charge in [-0.25, -0.2) is 4.99 Å². The summed E-state index contributed by atoms with van der Waals surface area (Å²) in [5.74, 6) is 1.36. The maximum atomic E-state index is 5.73. The molecule has 0 aliphatic heterocycles. The van der Waals surface area contributed by atoms with Gasteiger partial charge in [0.15, 0.2) is 5.96 Å². The van der Waals surface area contributed by atoms with Gasteiger partial charge in [-0.05, 0) is 45.4 Å². The number of rotatable bonds is 5. The first-order valence-corrected chi connectivity index (χ1v) is 6.29. The van der Waals surface area contributed by atoms with Gasteiger partial charge < -0.3 is 15.8 Å². The molecule has 0 atom stereocenters. The molecule has 0 saturated carbocycles. The Morgan fingerprint density at radius 3 is 2.33 bits per heavy atom. The molecule has 0 bridgehead atoms. The molecule has 3 N–H and O–H groups in total. The first kappa shape index (κ1) is 14.4. The molecule has 0 aliphatic carbocycles. The molecule has 0 radical (unpaired) electrons.